The van der Waals surface area contributed by atoms with Gasteiger partial charge in [-0.25, -0.2) is 0 Å². The van der Waals surface area contributed by atoms with Gasteiger partial charge in [-0.3, -0.25) is 0 Å². The third-order valence-corrected chi connectivity index (χ3v) is 0. The molecule has 0 rings (SSSR count). The van der Waals surface area contributed by atoms with Crippen LogP contribution >= 0.6 is 0 Å². The molecule has 5 heavy (non-hydrogen) atoms. The topological polar surface area (TPSA) is 30.0 Å². The number of hydrogen-bond acceptors (Lipinski definition) is 1. The van der Waals surface area contributed by atoms with Crippen molar-refractivity contribution in [2.75, 3.05) is 0 Å². The van der Waals surface area contributed by atoms with Crippen LogP contribution < -0.4 is 70.2 Å². The van der Waals surface area contributed by atoms with Crippen molar-refractivity contribution in [3.63, 3.8) is 0 Å². The van der Waals surface area contributed by atoms with Crippen LogP contribution in [0.3, 0.4) is 0 Å². The van der Waals surface area contributed by atoms with Gasteiger partial charge in [0.05, 0.1) is 0 Å². The van der Waals surface area contributed by atoms with Crippen LogP contribution in [0, 0.1) is 0 Å². The van der Waals surface area contributed by atoms with Gasteiger partial charge in [0, 0.05) is 44.8 Å². The molecule has 2 radical (unpaired) electrons. The van der Waals surface area contributed by atoms with Gasteiger partial charge >= 0.3 is 70.2 Å². The Kier molecular flexibility index (Phi) is 192. The molecule has 1 N–H and O–H groups in total. The molecule has 5 heteroatoms. The van der Waals surface area contributed by atoms with Crippen molar-refractivity contribution >= 4 is 0 Å². The Bertz CT molecular complexity index is 11.6. The van der Waals surface area contributed by atoms with E-state index in [2.05, 4.69) is 0 Å². The average Bonchev–Trinajstić information content (AvgIpc) is 0. The van der Waals surface area contributed by atoms with Crippen LogP contribution in [0.25, 0.3) is 0 Å². The summed E-state index contributed by atoms with van der Waals surface area (Å²) in [6.07, 6.45) is 0. The zero-order chi connectivity index (χ0) is 0. The molecule has 0 aliphatic carbocycles. The average molecular weight is 337 g/mol. The molecule has 0 aromatic carbocycles. The Hall–Kier alpha value is 3.67. The van der Waals surface area contributed by atoms with Gasteiger partial charge in [-0.15, -0.1) is 0 Å². The van der Waals surface area contributed by atoms with Gasteiger partial charge in [0.2, 0.25) is 0 Å². The number of rotatable bonds is 0. The second-order valence-electron chi connectivity index (χ2n) is 0. The minimum atomic E-state index is 0. The van der Waals surface area contributed by atoms with Crippen molar-refractivity contribution in [1.29, 1.82) is 0 Å². The minimum Gasteiger partial charge on any atom is -0.870 e. The second-order valence-corrected chi connectivity index (χ2v) is 0. The van der Waals surface area contributed by atoms with Gasteiger partial charge in [0.15, 0.2) is 0 Å². The Labute approximate surface area is 117 Å². The first kappa shape index (κ1) is 37.8. The van der Waals surface area contributed by atoms with E-state index in [4.69, 9.17) is 0 Å². The predicted octanol–water partition coefficient (Wildman–Crippen LogP) is -6.17. The van der Waals surface area contributed by atoms with Gasteiger partial charge in [-0.05, 0) is 0 Å². The Morgan fingerprint density at radius 3 is 1.00 bits per heavy atom. The van der Waals surface area contributed by atoms with E-state index in [1.807, 2.05) is 0 Å². The van der Waals surface area contributed by atoms with E-state index in [-0.39, 0.29) is 120 Å². The summed E-state index contributed by atoms with van der Waals surface area (Å²) in [6, 6.07) is 0. The van der Waals surface area contributed by atoms with E-state index in [0.717, 1.165) is 0 Å². The molecule has 0 spiro atoms. The van der Waals surface area contributed by atoms with Crippen LogP contribution in [0.1, 0.15) is 0 Å². The number of hydrogen-bond donors (Lipinski definition) is 0. The molecule has 0 saturated heterocycles. The van der Waals surface area contributed by atoms with Crippen molar-refractivity contribution in [2.45, 2.75) is 0 Å². The fourth-order valence-corrected chi connectivity index (χ4v) is 0. The summed E-state index contributed by atoms with van der Waals surface area (Å²) in [5, 5.41) is 0. The van der Waals surface area contributed by atoms with E-state index in [0.29, 0.717) is 0 Å². The molecule has 0 unspecified atom stereocenters. The van der Waals surface area contributed by atoms with Crippen LogP contribution in [0.4, 0.5) is 0 Å². The summed E-state index contributed by atoms with van der Waals surface area (Å²) in [4.78, 5) is 0. The molecular formula is HKLiNbOTa+. The smallest absolute Gasteiger partial charge is 0.870 e. The summed E-state index contributed by atoms with van der Waals surface area (Å²) in [5.41, 5.74) is 0. The van der Waals surface area contributed by atoms with Crippen molar-refractivity contribution in [3.05, 3.63) is 0 Å². The summed E-state index contributed by atoms with van der Waals surface area (Å²) in [5.74, 6) is 0. The van der Waals surface area contributed by atoms with Crippen molar-refractivity contribution in [3.8, 4) is 0 Å². The molecule has 0 aliphatic rings. The molecule has 18 valence electrons. The summed E-state index contributed by atoms with van der Waals surface area (Å²) in [6.45, 7) is 0. The Balaban J connectivity index is 0. The van der Waals surface area contributed by atoms with Crippen molar-refractivity contribution in [1.82, 2.24) is 0 Å². The molecule has 0 atom stereocenters. The van der Waals surface area contributed by atoms with Gasteiger partial charge in [-0.1, -0.05) is 0 Å². The first-order valence-corrected chi connectivity index (χ1v) is 0. The largest absolute Gasteiger partial charge is 1.00 e. The van der Waals surface area contributed by atoms with E-state index in [1.165, 1.54) is 0 Å². The predicted molar refractivity (Wildman–Crippen MR) is 1.94 cm³/mol. The van der Waals surface area contributed by atoms with E-state index in [9.17, 15) is 0 Å². The summed E-state index contributed by atoms with van der Waals surface area (Å²) in [7, 11) is 0. The maximum absolute atomic E-state index is 0. The van der Waals surface area contributed by atoms with Crippen LogP contribution in [0.5, 0.6) is 0 Å². The fourth-order valence-electron chi connectivity index (χ4n) is 0. The molecule has 0 aromatic heterocycles. The molecule has 1 nitrogen and oxygen atoms in total. The third-order valence-electron chi connectivity index (χ3n) is 0. The van der Waals surface area contributed by atoms with Crippen molar-refractivity contribution < 1.29 is 120 Å². The van der Waals surface area contributed by atoms with E-state index >= 15 is 0 Å². The van der Waals surface area contributed by atoms with Crippen LogP contribution in [0.2, 0.25) is 0 Å². The fraction of sp³-hybridized carbons (Fsp3) is 0. The zero-order valence-corrected chi connectivity index (χ0v) is 11.9. The second kappa shape index (κ2) is 25.3. The quantitative estimate of drug-likeness (QED) is 0.405. The van der Waals surface area contributed by atoms with Crippen molar-refractivity contribution in [2.24, 2.45) is 0 Å². The van der Waals surface area contributed by atoms with Gasteiger partial charge in [-0.2, -0.15) is 0 Å². The molecule has 0 amide bonds. The molecule has 0 saturated carbocycles. The maximum Gasteiger partial charge on any atom is 1.00 e. The standard InChI is InChI=1S/K.Li.Nb.H2O.Ta/h;;;1H2;/q2*+1;;;/p-1. The Morgan fingerprint density at radius 2 is 1.00 bits per heavy atom. The van der Waals surface area contributed by atoms with Crippen LogP contribution in [-0.2, 0) is 44.8 Å². The molecule has 0 heterocycles. The molecule has 0 fully saturated rings. The van der Waals surface area contributed by atoms with E-state index < -0.39 is 0 Å². The SMILES string of the molecule is [K+].[Li+].[Nb].[OH-].[Ta]. The molecule has 0 bridgehead atoms. The van der Waals surface area contributed by atoms with Gasteiger partial charge < -0.3 is 5.48 Å². The molecule has 0 aromatic rings. The van der Waals surface area contributed by atoms with Gasteiger partial charge in [0.1, 0.15) is 0 Å². The monoisotopic (exact) mass is 337 g/mol. The molecule has 0 aliphatic heterocycles. The van der Waals surface area contributed by atoms with Gasteiger partial charge in [0.25, 0.3) is 0 Å². The maximum atomic E-state index is 0. The van der Waals surface area contributed by atoms with Crippen LogP contribution in [0.15, 0.2) is 0 Å². The summed E-state index contributed by atoms with van der Waals surface area (Å²) >= 11 is 0. The first-order chi connectivity index (χ1) is 0. The summed E-state index contributed by atoms with van der Waals surface area (Å²) < 4.78 is 0. The molecular weight excluding hydrogens is 336 g/mol. The third kappa shape index (κ3) is 18.3. The first-order valence-electron chi connectivity index (χ1n) is 0. The normalized spacial score (nSPS) is 0. The van der Waals surface area contributed by atoms with E-state index in [1.54, 1.807) is 0 Å². The minimum absolute atomic E-state index is 0. The zero-order valence-electron chi connectivity index (χ0n) is 3.34. The van der Waals surface area contributed by atoms with Crippen LogP contribution in [-0.4, -0.2) is 5.48 Å². The Morgan fingerprint density at radius 1 is 1.00 bits per heavy atom.